The number of anilines is 1. The van der Waals surface area contributed by atoms with E-state index in [0.29, 0.717) is 77.7 Å². The second-order valence-corrected chi connectivity index (χ2v) is 24.2. The van der Waals surface area contributed by atoms with Gasteiger partial charge in [0.15, 0.2) is 12.6 Å². The third-order valence-corrected chi connectivity index (χ3v) is 19.6. The Morgan fingerprint density at radius 2 is 1.63 bits per heavy atom. The first kappa shape index (κ1) is 45.2. The Bertz CT molecular complexity index is 2720. The number of methoxy groups -OCH3 is 1. The van der Waals surface area contributed by atoms with Crippen molar-refractivity contribution in [3.63, 3.8) is 0 Å². The summed E-state index contributed by atoms with van der Waals surface area (Å²) in [5, 5.41) is 15.2. The van der Waals surface area contributed by atoms with Crippen LogP contribution >= 0.6 is 0 Å². The molecule has 5 heterocycles. The van der Waals surface area contributed by atoms with Gasteiger partial charge in [-0.3, -0.25) is 14.7 Å². The van der Waals surface area contributed by atoms with E-state index in [9.17, 15) is 9.90 Å². The minimum absolute atomic E-state index is 0.00499. The van der Waals surface area contributed by atoms with Gasteiger partial charge in [0, 0.05) is 61.5 Å². The quantitative estimate of drug-likeness (QED) is 0.0909. The maximum absolute atomic E-state index is 18.2. The fourth-order valence-electron chi connectivity index (χ4n) is 11.7. The third-order valence-electron chi connectivity index (χ3n) is 14.6. The monoisotopic (exact) mass is 900 g/mol. The van der Waals surface area contributed by atoms with Crippen LogP contribution in [0.3, 0.4) is 0 Å². The van der Waals surface area contributed by atoms with E-state index in [1.165, 1.54) is 23.5 Å². The predicted octanol–water partition coefficient (Wildman–Crippen LogP) is 8.96. The molecule has 0 aliphatic carbocycles. The fraction of sp³-hybridized carbons (Fsp3) is 0.434. The van der Waals surface area contributed by atoms with Crippen molar-refractivity contribution in [1.82, 2.24) is 14.5 Å². The van der Waals surface area contributed by atoms with Crippen LogP contribution in [-0.4, -0.2) is 85.2 Å². The molecule has 0 bridgehead atoms. The number of aromatic nitrogens is 2. The molecule has 2 aromatic heterocycles. The molecule has 0 saturated carbocycles. The number of hydrogen-bond acceptors (Lipinski definition) is 8. The second-order valence-electron chi connectivity index (χ2n) is 19.8. The summed E-state index contributed by atoms with van der Waals surface area (Å²) in [4.78, 5) is 24.3. The second kappa shape index (κ2) is 17.7. The lowest BCUT2D eigenvalue weighted by atomic mass is 9.92. The van der Waals surface area contributed by atoms with Crippen LogP contribution in [0.4, 0.5) is 14.5 Å². The largest absolute Gasteiger partial charge is 0.468 e. The first-order chi connectivity index (χ1) is 31.2. The van der Waals surface area contributed by atoms with E-state index in [-0.39, 0.29) is 47.0 Å². The number of pyridine rings is 2. The van der Waals surface area contributed by atoms with Crippen molar-refractivity contribution in [3.05, 3.63) is 125 Å². The summed E-state index contributed by atoms with van der Waals surface area (Å²) in [6, 6.07) is 29.7. The van der Waals surface area contributed by atoms with Crippen LogP contribution in [0.5, 0.6) is 5.75 Å². The Balaban J connectivity index is 1.16. The third kappa shape index (κ3) is 8.09. The molecule has 9 nitrogen and oxygen atoms in total. The van der Waals surface area contributed by atoms with E-state index >= 15 is 8.78 Å². The zero-order valence-electron chi connectivity index (χ0n) is 38.6. The molecule has 342 valence electrons. The van der Waals surface area contributed by atoms with Gasteiger partial charge in [-0.15, -0.1) is 0 Å². The minimum atomic E-state index is -2.83. The van der Waals surface area contributed by atoms with E-state index in [2.05, 4.69) is 86.3 Å². The molecule has 1 N–H and O–H groups in total. The summed E-state index contributed by atoms with van der Waals surface area (Å²) in [7, 11) is -1.30. The molecule has 0 unspecified atom stereocenters. The Kier molecular flexibility index (Phi) is 12.3. The Labute approximate surface area is 382 Å². The summed E-state index contributed by atoms with van der Waals surface area (Å²) < 4.78 is 54.1. The molecular weight excluding hydrogens is 839 g/mol. The predicted molar refractivity (Wildman–Crippen MR) is 258 cm³/mol. The Morgan fingerprint density at radius 1 is 0.923 bits per heavy atom. The van der Waals surface area contributed by atoms with Gasteiger partial charge in [0.25, 0.3) is 13.9 Å². The number of ether oxygens (including phenoxy) is 2. The van der Waals surface area contributed by atoms with Crippen LogP contribution in [0.2, 0.25) is 5.04 Å². The average Bonchev–Trinajstić information content (AvgIpc) is 3.85. The molecule has 65 heavy (non-hydrogen) atoms. The lowest BCUT2D eigenvalue weighted by Gasteiger charge is -2.44. The number of nitrogens with zero attached hydrogens (tertiary/aromatic N) is 4. The molecule has 4 aromatic carbocycles. The highest BCUT2D eigenvalue weighted by Crippen LogP contribution is 2.46. The number of benzene rings is 4. The van der Waals surface area contributed by atoms with Crippen LogP contribution in [0.15, 0.2) is 102 Å². The van der Waals surface area contributed by atoms with Crippen molar-refractivity contribution < 1.29 is 27.8 Å². The van der Waals surface area contributed by atoms with E-state index < -0.39 is 25.3 Å². The number of fused-ring (bicyclic) bond motifs is 3. The van der Waals surface area contributed by atoms with E-state index in [1.807, 2.05) is 11.8 Å². The van der Waals surface area contributed by atoms with Gasteiger partial charge in [0.2, 0.25) is 0 Å². The molecule has 3 aliphatic rings. The normalized spacial score (nSPS) is 21.7. The summed E-state index contributed by atoms with van der Waals surface area (Å²) in [6.07, 6.45) is 6.88. The van der Waals surface area contributed by atoms with Crippen LogP contribution in [0.1, 0.15) is 78.7 Å². The lowest BCUT2D eigenvalue weighted by Crippen LogP contribution is -2.67. The highest BCUT2D eigenvalue weighted by atomic mass is 28.4. The molecule has 0 radical (unpaired) electrons. The zero-order chi connectivity index (χ0) is 45.7. The van der Waals surface area contributed by atoms with Crippen molar-refractivity contribution >= 4 is 46.1 Å². The maximum Gasteiger partial charge on any atom is 0.261 e. The number of rotatable bonds is 13. The molecule has 3 aliphatic heterocycles. The van der Waals surface area contributed by atoms with Gasteiger partial charge in [0.1, 0.15) is 17.3 Å². The number of β-amino-alcohol motifs (C(OH)–C–C–N with tert-alkyl or cyclic N) is 1. The summed E-state index contributed by atoms with van der Waals surface area (Å²) in [5.41, 5.74) is -0.191. The number of aryl methyl sites for hydroxylation is 1. The Hall–Kier alpha value is -4.98. The van der Waals surface area contributed by atoms with E-state index in [1.54, 1.807) is 42.0 Å². The van der Waals surface area contributed by atoms with Gasteiger partial charge < -0.3 is 28.5 Å². The van der Waals surface area contributed by atoms with Gasteiger partial charge in [0.05, 0.1) is 23.4 Å². The topological polar surface area (TPSA) is 89.3 Å². The molecule has 3 saturated heterocycles. The van der Waals surface area contributed by atoms with Gasteiger partial charge in [-0.25, -0.2) is 8.78 Å². The van der Waals surface area contributed by atoms with Gasteiger partial charge in [-0.1, -0.05) is 94.4 Å². The van der Waals surface area contributed by atoms with Gasteiger partial charge in [-0.2, -0.15) is 0 Å². The first-order valence-corrected chi connectivity index (χ1v) is 25.2. The number of halogens is 2. The molecule has 9 rings (SSSR count). The average molecular weight is 901 g/mol. The van der Waals surface area contributed by atoms with Crippen molar-refractivity contribution in [2.75, 3.05) is 45.0 Å². The first-order valence-electron chi connectivity index (χ1n) is 23.3. The SMILES string of the molecule is CCc1c(F)ccc2cc(OCOC)cc(-c3ncc4c(N5CCC[C@@](C)(O)C5)cc(=O)n(C[C@@]56CCCN5[C@H](CO[Si](c5ccccc5)(c5ccccc5)C(C)(C)C)CC6)c4c3F)c12. The van der Waals surface area contributed by atoms with Crippen molar-refractivity contribution in [2.24, 2.45) is 0 Å². The zero-order valence-corrected chi connectivity index (χ0v) is 39.6. The molecule has 12 heteroatoms. The van der Waals surface area contributed by atoms with E-state index in [4.69, 9.17) is 18.9 Å². The molecule has 0 amide bonds. The molecule has 3 fully saturated rings. The van der Waals surface area contributed by atoms with Crippen molar-refractivity contribution in [1.29, 1.82) is 0 Å². The summed E-state index contributed by atoms with van der Waals surface area (Å²) in [5.74, 6) is -0.629. The summed E-state index contributed by atoms with van der Waals surface area (Å²) in [6.45, 7) is 13.1. The fourth-order valence-corrected chi connectivity index (χ4v) is 16.3. The Morgan fingerprint density at radius 3 is 2.29 bits per heavy atom. The highest BCUT2D eigenvalue weighted by Gasteiger charge is 2.54. The highest BCUT2D eigenvalue weighted by molar-refractivity contribution is 6.99. The van der Waals surface area contributed by atoms with Crippen LogP contribution in [0, 0.1) is 11.6 Å². The minimum Gasteiger partial charge on any atom is -0.468 e. The summed E-state index contributed by atoms with van der Waals surface area (Å²) >= 11 is 0. The smallest absolute Gasteiger partial charge is 0.261 e. The molecule has 6 aromatic rings. The number of hydrogen-bond donors (Lipinski definition) is 1. The molecule has 0 spiro atoms. The van der Waals surface area contributed by atoms with Crippen LogP contribution < -0.4 is 25.6 Å². The van der Waals surface area contributed by atoms with Crippen LogP contribution in [-0.2, 0) is 22.1 Å². The standard InChI is InChI=1S/C53H62F2N4O5Si/c1-7-41-44(54)21-20-36-28-38(63-35-62-6)29-42(47(36)41)49-48(55)50-43(31-56-49)45(57-26-14-23-52(5,61)33-57)30-46(60)58(50)34-53-24-15-27-59(53)37(22-25-53)32-64-65(51(2,3)4,39-16-10-8-11-17-39)40-18-12-9-13-19-40/h8-13,16-21,28-31,37,61H,7,14-15,22-27,32-35H2,1-6H3/t37-,52+,53-/m0/s1. The molecular formula is C53H62F2N4O5Si. The van der Waals surface area contributed by atoms with Gasteiger partial charge >= 0.3 is 0 Å². The van der Waals surface area contributed by atoms with E-state index in [0.717, 1.165) is 32.2 Å². The maximum atomic E-state index is 18.2. The van der Waals surface area contributed by atoms with Crippen LogP contribution in [0.25, 0.3) is 32.9 Å². The van der Waals surface area contributed by atoms with Gasteiger partial charge in [-0.05, 0) is 108 Å². The number of piperidine rings is 1. The lowest BCUT2D eigenvalue weighted by molar-refractivity contribution is 0.0450. The van der Waals surface area contributed by atoms with Crippen molar-refractivity contribution in [2.45, 2.75) is 108 Å². The number of aliphatic hydroxyl groups is 1. The molecule has 3 atom stereocenters. The van der Waals surface area contributed by atoms with Crippen molar-refractivity contribution in [3.8, 4) is 17.0 Å².